The normalized spacial score (nSPS) is 18.8. The molecule has 2 aliphatic rings. The molecule has 1 aromatic heterocycles. The Hall–Kier alpha value is -1.33. The van der Waals surface area contributed by atoms with Gasteiger partial charge in [0.2, 0.25) is 0 Å². The van der Waals surface area contributed by atoms with Crippen molar-refractivity contribution in [2.45, 2.75) is 32.2 Å². The zero-order chi connectivity index (χ0) is 13.2. The molecule has 0 spiro atoms. The Morgan fingerprint density at radius 2 is 1.95 bits per heavy atom. The van der Waals surface area contributed by atoms with Crippen molar-refractivity contribution in [3.63, 3.8) is 0 Å². The fourth-order valence-electron chi connectivity index (χ4n) is 2.50. The molecule has 1 amide bonds. The average molecular weight is 263 g/mol. The standard InChI is InChI=1S/C14H21N3O2/c15-16-14(18)13-12(5-6-19-13)9-17(7-10-1-2-10)8-11-3-4-11/h5-6,10-11H,1-4,7-9,15H2,(H,16,18). The number of nitrogens with zero attached hydrogens (tertiary/aromatic N) is 1. The molecule has 2 saturated carbocycles. The Kier molecular flexibility index (Phi) is 3.57. The van der Waals surface area contributed by atoms with Crippen LogP contribution in [0.25, 0.3) is 0 Å². The van der Waals surface area contributed by atoms with E-state index in [1.54, 1.807) is 6.26 Å². The number of hydrogen-bond donors (Lipinski definition) is 2. The highest BCUT2D eigenvalue weighted by Crippen LogP contribution is 2.34. The minimum Gasteiger partial charge on any atom is -0.459 e. The van der Waals surface area contributed by atoms with Crippen molar-refractivity contribution in [2.75, 3.05) is 13.1 Å². The molecule has 2 fully saturated rings. The van der Waals surface area contributed by atoms with Crippen molar-refractivity contribution in [3.8, 4) is 0 Å². The first kappa shape index (κ1) is 12.7. The van der Waals surface area contributed by atoms with Gasteiger partial charge in [0, 0.05) is 25.2 Å². The summed E-state index contributed by atoms with van der Waals surface area (Å²) in [5, 5.41) is 0. The van der Waals surface area contributed by atoms with Crippen molar-refractivity contribution < 1.29 is 9.21 Å². The summed E-state index contributed by atoms with van der Waals surface area (Å²) in [5.74, 6) is 6.89. The molecule has 1 heterocycles. The molecule has 5 nitrogen and oxygen atoms in total. The van der Waals surface area contributed by atoms with Crippen molar-refractivity contribution in [1.29, 1.82) is 0 Å². The summed E-state index contributed by atoms with van der Waals surface area (Å²) in [6.45, 7) is 3.07. The van der Waals surface area contributed by atoms with E-state index in [2.05, 4.69) is 10.3 Å². The molecule has 5 heteroatoms. The van der Waals surface area contributed by atoms with Crippen LogP contribution in [0.2, 0.25) is 0 Å². The highest BCUT2D eigenvalue weighted by Gasteiger charge is 2.30. The maximum atomic E-state index is 11.6. The molecular formula is C14H21N3O2. The first-order valence-corrected chi connectivity index (χ1v) is 7.06. The summed E-state index contributed by atoms with van der Waals surface area (Å²) in [4.78, 5) is 14.1. The second kappa shape index (κ2) is 5.35. The number of nitrogens with one attached hydrogen (secondary N) is 1. The molecule has 0 unspecified atom stereocenters. The van der Waals surface area contributed by atoms with Crippen LogP contribution < -0.4 is 11.3 Å². The second-order valence-electron chi connectivity index (χ2n) is 5.83. The molecule has 3 N–H and O–H groups in total. The van der Waals surface area contributed by atoms with Crippen LogP contribution in [0, 0.1) is 11.8 Å². The lowest BCUT2D eigenvalue weighted by Crippen LogP contribution is -2.32. The third-order valence-corrected chi connectivity index (χ3v) is 3.90. The van der Waals surface area contributed by atoms with E-state index in [1.165, 1.54) is 25.7 Å². The second-order valence-corrected chi connectivity index (χ2v) is 5.83. The SMILES string of the molecule is NNC(=O)c1occc1CN(CC1CC1)CC1CC1. The summed E-state index contributed by atoms with van der Waals surface area (Å²) in [6.07, 6.45) is 6.96. The van der Waals surface area contributed by atoms with Crippen LogP contribution in [0.3, 0.4) is 0 Å². The number of furan rings is 1. The molecule has 19 heavy (non-hydrogen) atoms. The molecule has 2 aliphatic carbocycles. The van der Waals surface area contributed by atoms with Gasteiger partial charge in [-0.25, -0.2) is 5.84 Å². The van der Waals surface area contributed by atoms with E-state index in [4.69, 9.17) is 10.3 Å². The fraction of sp³-hybridized carbons (Fsp3) is 0.643. The minimum absolute atomic E-state index is 0.346. The lowest BCUT2D eigenvalue weighted by Gasteiger charge is -2.21. The zero-order valence-electron chi connectivity index (χ0n) is 11.1. The molecule has 0 radical (unpaired) electrons. The van der Waals surface area contributed by atoms with Gasteiger partial charge in [0.1, 0.15) is 0 Å². The molecule has 0 aromatic carbocycles. The molecule has 0 saturated heterocycles. The number of amides is 1. The molecule has 0 aliphatic heterocycles. The fourth-order valence-corrected chi connectivity index (χ4v) is 2.50. The van der Waals surface area contributed by atoms with E-state index in [9.17, 15) is 4.79 Å². The van der Waals surface area contributed by atoms with Gasteiger partial charge < -0.3 is 4.42 Å². The number of carbonyl (C=O) groups is 1. The highest BCUT2D eigenvalue weighted by molar-refractivity contribution is 5.92. The van der Waals surface area contributed by atoms with E-state index in [1.807, 2.05) is 6.07 Å². The number of nitrogen functional groups attached to an aromatic ring is 1. The molecule has 1 aromatic rings. The Morgan fingerprint density at radius 1 is 1.32 bits per heavy atom. The maximum Gasteiger partial charge on any atom is 0.301 e. The van der Waals surface area contributed by atoms with Crippen LogP contribution in [0.15, 0.2) is 16.7 Å². The van der Waals surface area contributed by atoms with E-state index in [0.29, 0.717) is 5.76 Å². The Morgan fingerprint density at radius 3 is 2.47 bits per heavy atom. The Bertz CT molecular complexity index is 435. The quantitative estimate of drug-likeness (QED) is 0.444. The van der Waals surface area contributed by atoms with E-state index >= 15 is 0 Å². The molecule has 104 valence electrons. The van der Waals surface area contributed by atoms with Crippen LogP contribution in [0.4, 0.5) is 0 Å². The Labute approximate surface area is 113 Å². The minimum atomic E-state index is -0.349. The third kappa shape index (κ3) is 3.36. The van der Waals surface area contributed by atoms with Gasteiger partial charge in [0.15, 0.2) is 5.76 Å². The van der Waals surface area contributed by atoms with Crippen molar-refractivity contribution in [2.24, 2.45) is 17.7 Å². The number of hydrogen-bond acceptors (Lipinski definition) is 4. The molecule has 0 atom stereocenters. The largest absolute Gasteiger partial charge is 0.459 e. The lowest BCUT2D eigenvalue weighted by atomic mass is 10.2. The molecule has 3 rings (SSSR count). The number of nitrogens with two attached hydrogens (primary N) is 1. The summed E-state index contributed by atoms with van der Waals surface area (Å²) in [7, 11) is 0. The van der Waals surface area contributed by atoms with Crippen LogP contribution in [0.5, 0.6) is 0 Å². The van der Waals surface area contributed by atoms with Gasteiger partial charge in [0.05, 0.1) is 6.26 Å². The van der Waals surface area contributed by atoms with E-state index in [-0.39, 0.29) is 5.91 Å². The van der Waals surface area contributed by atoms with Gasteiger partial charge in [0.25, 0.3) is 0 Å². The van der Waals surface area contributed by atoms with Crippen LogP contribution in [-0.4, -0.2) is 23.9 Å². The predicted octanol–water partition coefficient (Wildman–Crippen LogP) is 1.51. The predicted molar refractivity (Wildman–Crippen MR) is 71.1 cm³/mol. The monoisotopic (exact) mass is 263 g/mol. The first-order chi connectivity index (χ1) is 9.26. The summed E-state index contributed by atoms with van der Waals surface area (Å²) < 4.78 is 5.24. The van der Waals surface area contributed by atoms with Gasteiger partial charge in [-0.05, 0) is 43.6 Å². The molecule has 0 bridgehead atoms. The van der Waals surface area contributed by atoms with E-state index < -0.39 is 0 Å². The first-order valence-electron chi connectivity index (χ1n) is 7.06. The average Bonchev–Trinajstić information content (AvgIpc) is 3.32. The molecular weight excluding hydrogens is 242 g/mol. The van der Waals surface area contributed by atoms with Crippen molar-refractivity contribution in [1.82, 2.24) is 10.3 Å². The third-order valence-electron chi connectivity index (χ3n) is 3.90. The smallest absolute Gasteiger partial charge is 0.301 e. The topological polar surface area (TPSA) is 71.5 Å². The number of carbonyl (C=O) groups excluding carboxylic acids is 1. The van der Waals surface area contributed by atoms with Gasteiger partial charge in [-0.15, -0.1) is 0 Å². The maximum absolute atomic E-state index is 11.6. The number of rotatable bonds is 7. The Balaban J connectivity index is 1.65. The van der Waals surface area contributed by atoms with Gasteiger partial charge in [-0.3, -0.25) is 15.1 Å². The summed E-state index contributed by atoms with van der Waals surface area (Å²) in [6, 6.07) is 1.87. The number of hydrazine groups is 1. The van der Waals surface area contributed by atoms with Crippen LogP contribution >= 0.6 is 0 Å². The summed E-state index contributed by atoms with van der Waals surface area (Å²) in [5.41, 5.74) is 3.07. The summed E-state index contributed by atoms with van der Waals surface area (Å²) >= 11 is 0. The lowest BCUT2D eigenvalue weighted by molar-refractivity contribution is 0.0923. The van der Waals surface area contributed by atoms with Gasteiger partial charge in [-0.2, -0.15) is 0 Å². The van der Waals surface area contributed by atoms with Crippen molar-refractivity contribution in [3.05, 3.63) is 23.7 Å². The van der Waals surface area contributed by atoms with Crippen molar-refractivity contribution >= 4 is 5.91 Å². The highest BCUT2D eigenvalue weighted by atomic mass is 16.3. The van der Waals surface area contributed by atoms with Crippen LogP contribution in [-0.2, 0) is 6.54 Å². The van der Waals surface area contributed by atoms with E-state index in [0.717, 1.165) is 37.0 Å². The van der Waals surface area contributed by atoms with Gasteiger partial charge >= 0.3 is 5.91 Å². The van der Waals surface area contributed by atoms with Gasteiger partial charge in [-0.1, -0.05) is 0 Å². The van der Waals surface area contributed by atoms with Crippen LogP contribution in [0.1, 0.15) is 41.8 Å². The zero-order valence-corrected chi connectivity index (χ0v) is 11.1.